The Morgan fingerprint density at radius 3 is 2.38 bits per heavy atom. The number of nitrogens with one attached hydrogen (secondary N) is 1. The normalized spacial score (nSPS) is 21.1. The van der Waals surface area contributed by atoms with Gasteiger partial charge < -0.3 is 10.1 Å². The van der Waals surface area contributed by atoms with E-state index in [1.165, 1.54) is 0 Å². The molecule has 0 aromatic heterocycles. The molecular formula is C13H25NO2. The molecule has 0 aliphatic carbocycles. The van der Waals surface area contributed by atoms with Crippen LogP contribution in [-0.4, -0.2) is 25.7 Å². The molecule has 1 unspecified atom stereocenters. The monoisotopic (exact) mass is 227 g/mol. The van der Waals surface area contributed by atoms with Gasteiger partial charge >= 0.3 is 0 Å². The summed E-state index contributed by atoms with van der Waals surface area (Å²) in [6, 6.07) is 0. The maximum atomic E-state index is 11.8. The number of hydrogen-bond donors (Lipinski definition) is 1. The van der Waals surface area contributed by atoms with E-state index in [1.54, 1.807) is 0 Å². The van der Waals surface area contributed by atoms with Crippen LogP contribution >= 0.6 is 0 Å². The number of hydrogen-bond acceptors (Lipinski definition) is 2. The molecular weight excluding hydrogens is 202 g/mol. The number of rotatable bonds is 5. The van der Waals surface area contributed by atoms with E-state index in [9.17, 15) is 4.79 Å². The molecule has 0 bridgehead atoms. The number of amides is 1. The zero-order valence-corrected chi connectivity index (χ0v) is 11.0. The van der Waals surface area contributed by atoms with E-state index in [2.05, 4.69) is 33.0 Å². The Morgan fingerprint density at radius 2 is 1.94 bits per heavy atom. The quantitative estimate of drug-likeness (QED) is 0.781. The van der Waals surface area contributed by atoms with Crippen LogP contribution in [0.3, 0.4) is 0 Å². The molecule has 1 heterocycles. The van der Waals surface area contributed by atoms with E-state index in [-0.39, 0.29) is 11.8 Å². The summed E-state index contributed by atoms with van der Waals surface area (Å²) >= 11 is 0. The molecule has 1 saturated heterocycles. The van der Waals surface area contributed by atoms with Crippen LogP contribution < -0.4 is 5.32 Å². The molecule has 1 aliphatic heterocycles. The van der Waals surface area contributed by atoms with Crippen molar-refractivity contribution in [2.45, 2.75) is 34.1 Å². The summed E-state index contributed by atoms with van der Waals surface area (Å²) in [6.07, 6.45) is 0.875. The van der Waals surface area contributed by atoms with Gasteiger partial charge in [0.1, 0.15) is 0 Å². The summed E-state index contributed by atoms with van der Waals surface area (Å²) < 4.78 is 5.22. The van der Waals surface area contributed by atoms with E-state index >= 15 is 0 Å². The van der Waals surface area contributed by atoms with Crippen molar-refractivity contribution < 1.29 is 9.53 Å². The summed E-state index contributed by atoms with van der Waals surface area (Å²) in [5.74, 6) is 2.04. The second-order valence-corrected chi connectivity index (χ2v) is 5.46. The fourth-order valence-electron chi connectivity index (χ4n) is 2.35. The second kappa shape index (κ2) is 6.24. The lowest BCUT2D eigenvalue weighted by molar-refractivity contribution is -0.125. The van der Waals surface area contributed by atoms with Crippen molar-refractivity contribution in [3.05, 3.63) is 0 Å². The Labute approximate surface area is 98.9 Å². The maximum Gasteiger partial charge on any atom is 0.225 e. The minimum atomic E-state index is 0.0833. The molecule has 1 amide bonds. The SMILES string of the molecule is CC(C)C(CNC(=O)C1CCOC1)C(C)C. The molecule has 94 valence electrons. The number of carbonyl (C=O) groups is 1. The fourth-order valence-corrected chi connectivity index (χ4v) is 2.35. The molecule has 0 spiro atoms. The first-order chi connectivity index (χ1) is 7.52. The zero-order valence-electron chi connectivity index (χ0n) is 11.0. The minimum Gasteiger partial charge on any atom is -0.381 e. The number of ether oxygens (including phenoxy) is 1. The first-order valence-corrected chi connectivity index (χ1v) is 6.37. The highest BCUT2D eigenvalue weighted by molar-refractivity contribution is 5.78. The van der Waals surface area contributed by atoms with E-state index in [0.717, 1.165) is 19.6 Å². The topological polar surface area (TPSA) is 38.3 Å². The molecule has 1 fully saturated rings. The van der Waals surface area contributed by atoms with Crippen LogP contribution in [0.4, 0.5) is 0 Å². The molecule has 1 atom stereocenters. The van der Waals surface area contributed by atoms with Gasteiger partial charge in [-0.05, 0) is 24.2 Å². The standard InChI is InChI=1S/C13H25NO2/c1-9(2)12(10(3)4)7-14-13(15)11-5-6-16-8-11/h9-12H,5-8H2,1-4H3,(H,14,15). The van der Waals surface area contributed by atoms with Crippen molar-refractivity contribution >= 4 is 5.91 Å². The molecule has 1 rings (SSSR count). The molecule has 16 heavy (non-hydrogen) atoms. The first kappa shape index (κ1) is 13.5. The lowest BCUT2D eigenvalue weighted by Crippen LogP contribution is -2.37. The molecule has 0 aromatic rings. The van der Waals surface area contributed by atoms with Crippen molar-refractivity contribution in [1.29, 1.82) is 0 Å². The van der Waals surface area contributed by atoms with Crippen LogP contribution in [0.15, 0.2) is 0 Å². The minimum absolute atomic E-state index is 0.0833. The second-order valence-electron chi connectivity index (χ2n) is 5.46. The third-order valence-electron chi connectivity index (χ3n) is 3.53. The molecule has 1 N–H and O–H groups in total. The number of carbonyl (C=O) groups excluding carboxylic acids is 1. The molecule has 0 saturated carbocycles. The predicted octanol–water partition coefficient (Wildman–Crippen LogP) is 2.07. The van der Waals surface area contributed by atoms with E-state index in [1.807, 2.05) is 0 Å². The van der Waals surface area contributed by atoms with Crippen LogP contribution in [0.2, 0.25) is 0 Å². The maximum absolute atomic E-state index is 11.8. The average molecular weight is 227 g/mol. The van der Waals surface area contributed by atoms with Gasteiger partial charge in [0.05, 0.1) is 12.5 Å². The van der Waals surface area contributed by atoms with Crippen LogP contribution in [0.25, 0.3) is 0 Å². The van der Waals surface area contributed by atoms with E-state index in [4.69, 9.17) is 4.74 Å². The van der Waals surface area contributed by atoms with Gasteiger partial charge in [-0.3, -0.25) is 4.79 Å². The Morgan fingerprint density at radius 1 is 1.31 bits per heavy atom. The first-order valence-electron chi connectivity index (χ1n) is 6.37. The summed E-state index contributed by atoms with van der Waals surface area (Å²) in [5, 5.41) is 3.07. The van der Waals surface area contributed by atoms with Crippen LogP contribution in [0.5, 0.6) is 0 Å². The average Bonchev–Trinajstić information content (AvgIpc) is 2.69. The van der Waals surface area contributed by atoms with Gasteiger partial charge in [0, 0.05) is 13.2 Å². The van der Waals surface area contributed by atoms with Gasteiger partial charge in [-0.15, -0.1) is 0 Å². The molecule has 3 heteroatoms. The zero-order chi connectivity index (χ0) is 12.1. The van der Waals surface area contributed by atoms with Crippen molar-refractivity contribution in [1.82, 2.24) is 5.32 Å². The Kier molecular flexibility index (Phi) is 5.26. The highest BCUT2D eigenvalue weighted by atomic mass is 16.5. The van der Waals surface area contributed by atoms with Gasteiger partial charge in [0.2, 0.25) is 5.91 Å². The largest absolute Gasteiger partial charge is 0.381 e. The van der Waals surface area contributed by atoms with Gasteiger partial charge in [0.15, 0.2) is 0 Å². The predicted molar refractivity (Wildman–Crippen MR) is 65.1 cm³/mol. The molecule has 0 radical (unpaired) electrons. The highest BCUT2D eigenvalue weighted by Crippen LogP contribution is 2.20. The third-order valence-corrected chi connectivity index (χ3v) is 3.53. The van der Waals surface area contributed by atoms with Crippen molar-refractivity contribution in [2.75, 3.05) is 19.8 Å². The van der Waals surface area contributed by atoms with Gasteiger partial charge in [-0.1, -0.05) is 27.7 Å². The van der Waals surface area contributed by atoms with Crippen molar-refractivity contribution in [2.24, 2.45) is 23.7 Å². The highest BCUT2D eigenvalue weighted by Gasteiger charge is 2.25. The Bertz CT molecular complexity index is 212. The summed E-state index contributed by atoms with van der Waals surface area (Å²) in [7, 11) is 0. The fraction of sp³-hybridized carbons (Fsp3) is 0.923. The lowest BCUT2D eigenvalue weighted by Gasteiger charge is -2.25. The molecule has 3 nitrogen and oxygen atoms in total. The van der Waals surface area contributed by atoms with Crippen LogP contribution in [0.1, 0.15) is 34.1 Å². The third kappa shape index (κ3) is 3.78. The summed E-state index contributed by atoms with van der Waals surface area (Å²) in [4.78, 5) is 11.8. The van der Waals surface area contributed by atoms with Gasteiger partial charge in [0.25, 0.3) is 0 Å². The van der Waals surface area contributed by atoms with Crippen molar-refractivity contribution in [3.8, 4) is 0 Å². The van der Waals surface area contributed by atoms with Gasteiger partial charge in [-0.2, -0.15) is 0 Å². The van der Waals surface area contributed by atoms with E-state index in [0.29, 0.717) is 24.4 Å². The van der Waals surface area contributed by atoms with Crippen LogP contribution in [0, 0.1) is 23.7 Å². The summed E-state index contributed by atoms with van der Waals surface area (Å²) in [5.41, 5.74) is 0. The van der Waals surface area contributed by atoms with E-state index < -0.39 is 0 Å². The smallest absolute Gasteiger partial charge is 0.225 e. The Hall–Kier alpha value is -0.570. The van der Waals surface area contributed by atoms with Crippen molar-refractivity contribution in [3.63, 3.8) is 0 Å². The summed E-state index contributed by atoms with van der Waals surface area (Å²) in [6.45, 7) is 11.0. The van der Waals surface area contributed by atoms with Crippen LogP contribution in [-0.2, 0) is 9.53 Å². The Balaban J connectivity index is 2.33. The molecule has 1 aliphatic rings. The lowest BCUT2D eigenvalue weighted by atomic mass is 9.85. The molecule has 0 aromatic carbocycles. The van der Waals surface area contributed by atoms with Gasteiger partial charge in [-0.25, -0.2) is 0 Å².